The topological polar surface area (TPSA) is 9.23 Å². The molecule has 0 saturated carbocycles. The van der Waals surface area contributed by atoms with Crippen LogP contribution in [0.3, 0.4) is 0 Å². The van der Waals surface area contributed by atoms with Gasteiger partial charge in [0.25, 0.3) is 0 Å². The van der Waals surface area contributed by atoms with Crippen molar-refractivity contribution in [3.63, 3.8) is 0 Å². The summed E-state index contributed by atoms with van der Waals surface area (Å²) in [5, 5.41) is 1.31. The molecular weight excluding hydrogens is 287 g/mol. The molecule has 1 aliphatic rings. The molecule has 0 fully saturated rings. The lowest BCUT2D eigenvalue weighted by molar-refractivity contribution is 0.332. The van der Waals surface area contributed by atoms with Gasteiger partial charge in [-0.05, 0) is 16.7 Å². The highest BCUT2D eigenvalue weighted by Crippen LogP contribution is 2.58. The third-order valence-electron chi connectivity index (χ3n) is 4.07. The Morgan fingerprint density at radius 3 is 2.14 bits per heavy atom. The van der Waals surface area contributed by atoms with E-state index in [4.69, 9.17) is 4.52 Å². The number of benzene rings is 3. The van der Waals surface area contributed by atoms with E-state index in [9.17, 15) is 0 Å². The van der Waals surface area contributed by atoms with E-state index >= 15 is 0 Å². The highest BCUT2D eigenvalue weighted by atomic mass is 31.1. The highest BCUT2D eigenvalue weighted by Gasteiger charge is 2.32. The number of fused-ring (bicyclic) bond motifs is 1. The lowest BCUT2D eigenvalue weighted by Crippen LogP contribution is -2.17. The monoisotopic (exact) mass is 304 g/mol. The van der Waals surface area contributed by atoms with Crippen molar-refractivity contribution in [2.45, 2.75) is 12.3 Å². The molecule has 0 N–H and O–H groups in total. The van der Waals surface area contributed by atoms with Crippen LogP contribution in [0.25, 0.3) is 0 Å². The Balaban J connectivity index is 1.86. The van der Waals surface area contributed by atoms with Crippen molar-refractivity contribution in [3.8, 4) is 0 Å². The van der Waals surface area contributed by atoms with Crippen molar-refractivity contribution in [1.82, 2.24) is 0 Å². The Morgan fingerprint density at radius 1 is 0.727 bits per heavy atom. The molecule has 1 heterocycles. The van der Waals surface area contributed by atoms with Crippen LogP contribution in [0.4, 0.5) is 0 Å². The van der Waals surface area contributed by atoms with Crippen molar-refractivity contribution in [1.29, 1.82) is 0 Å². The maximum atomic E-state index is 6.32. The summed E-state index contributed by atoms with van der Waals surface area (Å²) < 4.78 is 6.32. The summed E-state index contributed by atoms with van der Waals surface area (Å²) in [6, 6.07) is 30.1. The second-order valence-electron chi connectivity index (χ2n) is 5.45. The zero-order valence-corrected chi connectivity index (χ0v) is 13.1. The first-order valence-corrected chi connectivity index (χ1v) is 8.86. The van der Waals surface area contributed by atoms with Crippen molar-refractivity contribution in [3.05, 3.63) is 102 Å². The summed E-state index contributed by atoms with van der Waals surface area (Å²) in [5.41, 5.74) is 4.37. The van der Waals surface area contributed by atoms with Gasteiger partial charge < -0.3 is 4.52 Å². The Morgan fingerprint density at radius 2 is 1.36 bits per heavy atom. The van der Waals surface area contributed by atoms with E-state index in [1.54, 1.807) is 0 Å². The molecule has 4 rings (SSSR count). The Labute approximate surface area is 132 Å². The molecule has 1 nitrogen and oxygen atoms in total. The molecule has 2 heteroatoms. The van der Waals surface area contributed by atoms with Gasteiger partial charge in [-0.1, -0.05) is 84.9 Å². The summed E-state index contributed by atoms with van der Waals surface area (Å²) in [6.07, 6.45) is 0. The van der Waals surface area contributed by atoms with Gasteiger partial charge in [0.2, 0.25) is 0 Å². The highest BCUT2D eigenvalue weighted by molar-refractivity contribution is 7.61. The predicted molar refractivity (Wildman–Crippen MR) is 92.5 cm³/mol. The molecule has 108 valence electrons. The van der Waals surface area contributed by atoms with E-state index in [0.717, 1.165) is 0 Å². The largest absolute Gasteiger partial charge is 0.349 e. The van der Waals surface area contributed by atoms with Crippen molar-refractivity contribution in [2.24, 2.45) is 0 Å². The van der Waals surface area contributed by atoms with Crippen LogP contribution >= 0.6 is 8.15 Å². The zero-order chi connectivity index (χ0) is 14.8. The molecule has 2 atom stereocenters. The Bertz CT molecular complexity index is 755. The molecule has 0 amide bonds. The molecule has 0 saturated heterocycles. The first-order chi connectivity index (χ1) is 10.9. The summed E-state index contributed by atoms with van der Waals surface area (Å²) in [6.45, 7) is 0.708. The Kier molecular flexibility index (Phi) is 3.76. The Hall–Kier alpha value is -1.95. The third kappa shape index (κ3) is 2.47. The second-order valence-corrected chi connectivity index (χ2v) is 7.39. The van der Waals surface area contributed by atoms with Gasteiger partial charge in [0.05, 0.1) is 20.4 Å². The molecule has 3 aromatic rings. The SMILES string of the molecule is c1ccc(C2c3ccccc3COP2c2ccccc2)cc1. The molecule has 0 bridgehead atoms. The molecule has 0 spiro atoms. The van der Waals surface area contributed by atoms with E-state index in [1.165, 1.54) is 22.0 Å². The van der Waals surface area contributed by atoms with Crippen LogP contribution < -0.4 is 5.30 Å². The van der Waals surface area contributed by atoms with E-state index in [1.807, 2.05) is 0 Å². The fourth-order valence-electron chi connectivity index (χ4n) is 3.02. The van der Waals surface area contributed by atoms with Crippen molar-refractivity contribution in [2.75, 3.05) is 0 Å². The van der Waals surface area contributed by atoms with Crippen LogP contribution in [0, 0.1) is 0 Å². The summed E-state index contributed by atoms with van der Waals surface area (Å²) >= 11 is 0. The molecule has 0 radical (unpaired) electrons. The molecule has 0 aromatic heterocycles. The van der Waals surface area contributed by atoms with E-state index in [-0.39, 0.29) is 0 Å². The third-order valence-corrected chi connectivity index (χ3v) is 6.33. The predicted octanol–water partition coefficient (Wildman–Crippen LogP) is 5.03. The summed E-state index contributed by atoms with van der Waals surface area (Å²) in [5.74, 6) is 0. The van der Waals surface area contributed by atoms with Crippen molar-refractivity contribution < 1.29 is 4.52 Å². The number of rotatable bonds is 2. The van der Waals surface area contributed by atoms with E-state index < -0.39 is 8.15 Å². The number of hydrogen-bond acceptors (Lipinski definition) is 1. The first kappa shape index (κ1) is 13.7. The van der Waals surface area contributed by atoms with E-state index in [0.29, 0.717) is 12.3 Å². The summed E-state index contributed by atoms with van der Waals surface area (Å²) in [7, 11) is -0.693. The molecule has 1 aliphatic heterocycles. The van der Waals surface area contributed by atoms with Crippen LogP contribution in [-0.2, 0) is 11.1 Å². The molecule has 2 unspecified atom stereocenters. The smallest absolute Gasteiger partial charge is 0.0767 e. The lowest BCUT2D eigenvalue weighted by atomic mass is 9.99. The quantitative estimate of drug-likeness (QED) is 0.603. The van der Waals surface area contributed by atoms with Crippen LogP contribution in [0.5, 0.6) is 0 Å². The van der Waals surface area contributed by atoms with Gasteiger partial charge in [0, 0.05) is 5.30 Å². The minimum atomic E-state index is -0.693. The minimum absolute atomic E-state index is 0.309. The van der Waals surface area contributed by atoms with Crippen molar-refractivity contribution >= 4 is 13.5 Å². The minimum Gasteiger partial charge on any atom is -0.349 e. The summed E-state index contributed by atoms with van der Waals surface area (Å²) in [4.78, 5) is 0. The molecule has 22 heavy (non-hydrogen) atoms. The van der Waals surface area contributed by atoms with Gasteiger partial charge in [-0.25, -0.2) is 0 Å². The standard InChI is InChI=1S/C20H17OP/c1-3-9-16(10-4-1)20-19-14-8-7-11-17(19)15-21-22(20)18-12-5-2-6-13-18/h1-14,20H,15H2. The lowest BCUT2D eigenvalue weighted by Gasteiger charge is -2.34. The van der Waals surface area contributed by atoms with Gasteiger partial charge in [0.15, 0.2) is 0 Å². The fourth-order valence-corrected chi connectivity index (χ4v) is 5.31. The molecule has 3 aromatic carbocycles. The van der Waals surface area contributed by atoms with Crippen LogP contribution in [0.2, 0.25) is 0 Å². The average Bonchev–Trinajstić information content (AvgIpc) is 2.62. The normalized spacial score (nSPS) is 20.4. The van der Waals surface area contributed by atoms with E-state index in [2.05, 4.69) is 84.9 Å². The maximum Gasteiger partial charge on any atom is 0.0767 e. The van der Waals surface area contributed by atoms with Crippen LogP contribution in [0.15, 0.2) is 84.9 Å². The zero-order valence-electron chi connectivity index (χ0n) is 12.2. The second kappa shape index (κ2) is 6.04. The van der Waals surface area contributed by atoms with Gasteiger partial charge >= 0.3 is 0 Å². The van der Waals surface area contributed by atoms with Gasteiger partial charge in [-0.2, -0.15) is 0 Å². The van der Waals surface area contributed by atoms with Gasteiger partial charge in [-0.15, -0.1) is 0 Å². The van der Waals surface area contributed by atoms with Gasteiger partial charge in [-0.3, -0.25) is 0 Å². The van der Waals surface area contributed by atoms with Crippen LogP contribution in [-0.4, -0.2) is 0 Å². The molecule has 0 aliphatic carbocycles. The average molecular weight is 304 g/mol. The van der Waals surface area contributed by atoms with Gasteiger partial charge in [0.1, 0.15) is 0 Å². The maximum absolute atomic E-state index is 6.32. The first-order valence-electron chi connectivity index (χ1n) is 7.53. The number of hydrogen-bond donors (Lipinski definition) is 0. The molecular formula is C20H17OP. The van der Waals surface area contributed by atoms with Crippen LogP contribution in [0.1, 0.15) is 22.3 Å². The fraction of sp³-hybridized carbons (Fsp3) is 0.100.